The van der Waals surface area contributed by atoms with Crippen molar-refractivity contribution in [2.24, 2.45) is 0 Å². The zero-order chi connectivity index (χ0) is 13.0. The smallest absolute Gasteiger partial charge is 0.303 e. The molecule has 0 amide bonds. The van der Waals surface area contributed by atoms with Gasteiger partial charge in [0.25, 0.3) is 0 Å². The van der Waals surface area contributed by atoms with Crippen molar-refractivity contribution in [3.63, 3.8) is 0 Å². The summed E-state index contributed by atoms with van der Waals surface area (Å²) in [6.45, 7) is 7.04. The highest BCUT2D eigenvalue weighted by Crippen LogP contribution is 2.24. The summed E-state index contributed by atoms with van der Waals surface area (Å²) < 4.78 is 0. The lowest BCUT2D eigenvalue weighted by Gasteiger charge is -2.47. The van der Waals surface area contributed by atoms with Gasteiger partial charge in [-0.05, 0) is 45.7 Å². The van der Waals surface area contributed by atoms with E-state index in [1.54, 1.807) is 0 Å². The van der Waals surface area contributed by atoms with Crippen LogP contribution in [0, 0.1) is 0 Å². The van der Waals surface area contributed by atoms with Crippen LogP contribution in [0.4, 0.5) is 0 Å². The first kappa shape index (κ1) is 13.8. The van der Waals surface area contributed by atoms with E-state index in [4.69, 9.17) is 5.11 Å². The number of rotatable bonds is 5. The van der Waals surface area contributed by atoms with Crippen LogP contribution in [0.25, 0.3) is 0 Å². The predicted molar refractivity (Wildman–Crippen MR) is 71.7 cm³/mol. The van der Waals surface area contributed by atoms with Gasteiger partial charge < -0.3 is 5.11 Å². The Morgan fingerprint density at radius 1 is 1.28 bits per heavy atom. The maximum atomic E-state index is 10.5. The van der Waals surface area contributed by atoms with Crippen molar-refractivity contribution >= 4 is 5.97 Å². The Kier molecular flexibility index (Phi) is 5.01. The lowest BCUT2D eigenvalue weighted by atomic mass is 9.97. The molecule has 0 spiro atoms. The van der Waals surface area contributed by atoms with Crippen molar-refractivity contribution < 1.29 is 9.90 Å². The standard InChI is InChI=1S/C14H26N2O2/c1-12-10-16-9-4-2-6-13(16)11-15(12)8-5-3-7-14(17)18/h12-13H,2-11H2,1H3,(H,17,18). The second-order valence-corrected chi connectivity index (χ2v) is 5.84. The molecule has 2 rings (SSSR count). The Hall–Kier alpha value is -0.610. The molecule has 0 aromatic rings. The number of carbonyl (C=O) groups is 1. The van der Waals surface area contributed by atoms with E-state index in [1.165, 1.54) is 38.9 Å². The van der Waals surface area contributed by atoms with Crippen LogP contribution in [0.5, 0.6) is 0 Å². The molecule has 0 aliphatic carbocycles. The van der Waals surface area contributed by atoms with Crippen molar-refractivity contribution in [1.82, 2.24) is 9.80 Å². The zero-order valence-corrected chi connectivity index (χ0v) is 11.5. The molecule has 1 N–H and O–H groups in total. The van der Waals surface area contributed by atoms with Crippen LogP contribution < -0.4 is 0 Å². The van der Waals surface area contributed by atoms with E-state index in [2.05, 4.69) is 16.7 Å². The van der Waals surface area contributed by atoms with Gasteiger partial charge in [0.15, 0.2) is 0 Å². The molecule has 0 radical (unpaired) electrons. The average molecular weight is 254 g/mol. The van der Waals surface area contributed by atoms with Gasteiger partial charge in [-0.15, -0.1) is 0 Å². The van der Waals surface area contributed by atoms with Gasteiger partial charge in [0.2, 0.25) is 0 Å². The SMILES string of the molecule is CC1CN2CCCCC2CN1CCCCC(=O)O. The number of piperazine rings is 1. The minimum atomic E-state index is -0.667. The van der Waals surface area contributed by atoms with E-state index in [9.17, 15) is 4.79 Å². The Labute approximate surface area is 110 Å². The number of unbranched alkanes of at least 4 members (excludes halogenated alkanes) is 1. The van der Waals surface area contributed by atoms with Gasteiger partial charge in [0.05, 0.1) is 0 Å². The number of aliphatic carboxylic acids is 1. The molecule has 0 aromatic heterocycles. The molecule has 0 bridgehead atoms. The third-order valence-electron chi connectivity index (χ3n) is 4.40. The van der Waals surface area contributed by atoms with Crippen LogP contribution in [0.15, 0.2) is 0 Å². The molecule has 0 aromatic carbocycles. The van der Waals surface area contributed by atoms with Crippen LogP contribution in [-0.4, -0.2) is 59.1 Å². The molecule has 0 saturated carbocycles. The van der Waals surface area contributed by atoms with E-state index in [1.807, 2.05) is 0 Å². The molecule has 2 fully saturated rings. The number of hydrogen-bond donors (Lipinski definition) is 1. The van der Waals surface area contributed by atoms with E-state index >= 15 is 0 Å². The zero-order valence-electron chi connectivity index (χ0n) is 11.5. The van der Waals surface area contributed by atoms with E-state index < -0.39 is 5.97 Å². The first-order valence-corrected chi connectivity index (χ1v) is 7.36. The number of carboxylic acid groups (broad SMARTS) is 1. The van der Waals surface area contributed by atoms with Crippen molar-refractivity contribution in [1.29, 1.82) is 0 Å². The molecule has 2 aliphatic rings. The number of hydrogen-bond acceptors (Lipinski definition) is 3. The summed E-state index contributed by atoms with van der Waals surface area (Å²) in [5, 5.41) is 8.64. The summed E-state index contributed by atoms with van der Waals surface area (Å²) in [5.74, 6) is -0.667. The largest absolute Gasteiger partial charge is 0.481 e. The average Bonchev–Trinajstić information content (AvgIpc) is 2.34. The molecule has 104 valence electrons. The summed E-state index contributed by atoms with van der Waals surface area (Å²) in [5.41, 5.74) is 0. The van der Waals surface area contributed by atoms with Crippen LogP contribution in [0.2, 0.25) is 0 Å². The fraction of sp³-hybridized carbons (Fsp3) is 0.929. The van der Waals surface area contributed by atoms with E-state index in [-0.39, 0.29) is 0 Å². The van der Waals surface area contributed by atoms with Gasteiger partial charge in [-0.25, -0.2) is 0 Å². The normalized spacial score (nSPS) is 30.1. The fourth-order valence-corrected chi connectivity index (χ4v) is 3.32. The highest BCUT2D eigenvalue weighted by Gasteiger charge is 2.32. The summed E-state index contributed by atoms with van der Waals surface area (Å²) in [7, 11) is 0. The molecule has 4 heteroatoms. The number of piperidine rings is 1. The lowest BCUT2D eigenvalue weighted by Crippen LogP contribution is -2.58. The van der Waals surface area contributed by atoms with Crippen molar-refractivity contribution in [2.45, 2.75) is 57.5 Å². The molecule has 2 aliphatic heterocycles. The van der Waals surface area contributed by atoms with E-state index in [0.29, 0.717) is 12.5 Å². The molecule has 18 heavy (non-hydrogen) atoms. The summed E-state index contributed by atoms with van der Waals surface area (Å²) >= 11 is 0. The Bertz CT molecular complexity index is 283. The van der Waals surface area contributed by atoms with Gasteiger partial charge in [-0.1, -0.05) is 6.42 Å². The van der Waals surface area contributed by atoms with Crippen LogP contribution >= 0.6 is 0 Å². The maximum absolute atomic E-state index is 10.5. The molecule has 2 saturated heterocycles. The van der Waals surface area contributed by atoms with Gasteiger partial charge in [-0.2, -0.15) is 0 Å². The van der Waals surface area contributed by atoms with Gasteiger partial charge in [-0.3, -0.25) is 14.6 Å². The number of nitrogens with zero attached hydrogens (tertiary/aromatic N) is 2. The number of carboxylic acids is 1. The Morgan fingerprint density at radius 3 is 2.89 bits per heavy atom. The molecular formula is C14H26N2O2. The summed E-state index contributed by atoms with van der Waals surface area (Å²) in [4.78, 5) is 15.7. The van der Waals surface area contributed by atoms with Gasteiger partial charge in [0.1, 0.15) is 0 Å². The van der Waals surface area contributed by atoms with Gasteiger partial charge >= 0.3 is 5.97 Å². The molecule has 2 unspecified atom stereocenters. The third-order valence-corrected chi connectivity index (χ3v) is 4.40. The minimum absolute atomic E-state index is 0.317. The molecule has 2 heterocycles. The lowest BCUT2D eigenvalue weighted by molar-refractivity contribution is -0.137. The highest BCUT2D eigenvalue weighted by atomic mass is 16.4. The summed E-state index contributed by atoms with van der Waals surface area (Å²) in [6.07, 6.45) is 6.23. The second kappa shape index (κ2) is 6.53. The second-order valence-electron chi connectivity index (χ2n) is 5.84. The fourth-order valence-electron chi connectivity index (χ4n) is 3.32. The predicted octanol–water partition coefficient (Wildman–Crippen LogP) is 1.80. The van der Waals surface area contributed by atoms with Crippen molar-refractivity contribution in [2.75, 3.05) is 26.2 Å². The van der Waals surface area contributed by atoms with Crippen LogP contribution in [0.1, 0.15) is 45.4 Å². The quantitative estimate of drug-likeness (QED) is 0.760. The minimum Gasteiger partial charge on any atom is -0.481 e. The third kappa shape index (κ3) is 3.69. The first-order valence-electron chi connectivity index (χ1n) is 7.36. The molecule has 2 atom stereocenters. The monoisotopic (exact) mass is 254 g/mol. The topological polar surface area (TPSA) is 43.8 Å². The summed E-state index contributed by atoms with van der Waals surface area (Å²) in [6, 6.07) is 1.39. The van der Waals surface area contributed by atoms with Crippen LogP contribution in [0.3, 0.4) is 0 Å². The number of fused-ring (bicyclic) bond motifs is 1. The highest BCUT2D eigenvalue weighted by molar-refractivity contribution is 5.66. The molecule has 4 nitrogen and oxygen atoms in total. The van der Waals surface area contributed by atoms with Gasteiger partial charge in [0, 0.05) is 31.6 Å². The maximum Gasteiger partial charge on any atom is 0.303 e. The van der Waals surface area contributed by atoms with Crippen molar-refractivity contribution in [3.8, 4) is 0 Å². The Morgan fingerprint density at radius 2 is 2.11 bits per heavy atom. The van der Waals surface area contributed by atoms with E-state index in [0.717, 1.165) is 25.4 Å². The van der Waals surface area contributed by atoms with Crippen LogP contribution in [-0.2, 0) is 4.79 Å². The molecular weight excluding hydrogens is 228 g/mol. The first-order chi connectivity index (χ1) is 8.66. The Balaban J connectivity index is 1.73. The van der Waals surface area contributed by atoms with Crippen molar-refractivity contribution in [3.05, 3.63) is 0 Å².